The predicted octanol–water partition coefficient (Wildman–Crippen LogP) is 5.10. The number of hydrogen-bond acceptors (Lipinski definition) is 2. The number of halogens is 5. The van der Waals surface area contributed by atoms with Gasteiger partial charge in [-0.25, -0.2) is 13.5 Å². The van der Waals surface area contributed by atoms with Gasteiger partial charge in [-0.1, -0.05) is 6.42 Å². The Morgan fingerprint density at radius 1 is 1.26 bits per heavy atom. The third-order valence-corrected chi connectivity index (χ3v) is 6.22. The highest BCUT2D eigenvalue weighted by molar-refractivity contribution is 5.91. The first-order valence-electron chi connectivity index (χ1n) is 9.35. The summed E-state index contributed by atoms with van der Waals surface area (Å²) in [6.07, 6.45) is -3.46. The molecule has 0 atom stereocenters. The molecule has 1 amide bonds. The summed E-state index contributed by atoms with van der Waals surface area (Å²) in [6, 6.07) is 0.0774. The van der Waals surface area contributed by atoms with Gasteiger partial charge in [0.25, 0.3) is 0 Å². The van der Waals surface area contributed by atoms with Crippen LogP contribution >= 0.6 is 0 Å². The second kappa shape index (κ2) is 5.91. The number of rotatable bonds is 5. The number of aromatic nitrogens is 2. The van der Waals surface area contributed by atoms with E-state index in [1.165, 1.54) is 0 Å². The minimum absolute atomic E-state index is 0.0345. The molecule has 9 heteroatoms. The van der Waals surface area contributed by atoms with E-state index in [0.29, 0.717) is 23.5 Å². The van der Waals surface area contributed by atoms with Crippen molar-refractivity contribution in [2.45, 2.75) is 82.3 Å². The Kier molecular flexibility index (Phi) is 4.09. The van der Waals surface area contributed by atoms with Gasteiger partial charge in [-0.05, 0) is 32.6 Å². The molecule has 3 aliphatic rings. The summed E-state index contributed by atoms with van der Waals surface area (Å²) < 4.78 is 68.0. The largest absolute Gasteiger partial charge is 0.395 e. The van der Waals surface area contributed by atoms with Gasteiger partial charge >= 0.3 is 6.18 Å². The van der Waals surface area contributed by atoms with Gasteiger partial charge in [0, 0.05) is 30.7 Å². The van der Waals surface area contributed by atoms with E-state index in [0.717, 1.165) is 12.8 Å². The fourth-order valence-electron chi connectivity index (χ4n) is 4.16. The average molecular weight is 391 g/mol. The molecule has 4 nitrogen and oxygen atoms in total. The topological polar surface area (TPSA) is 46.9 Å². The lowest BCUT2D eigenvalue weighted by Crippen LogP contribution is -2.46. The molecule has 150 valence electrons. The van der Waals surface area contributed by atoms with Gasteiger partial charge in [-0.15, -0.1) is 0 Å². The van der Waals surface area contributed by atoms with Crippen molar-refractivity contribution in [3.63, 3.8) is 0 Å². The Hall–Kier alpha value is -1.67. The lowest BCUT2D eigenvalue weighted by molar-refractivity contribution is -0.251. The van der Waals surface area contributed by atoms with E-state index in [2.05, 4.69) is 10.4 Å². The van der Waals surface area contributed by atoms with Gasteiger partial charge in [0.1, 0.15) is 5.82 Å². The van der Waals surface area contributed by atoms with Crippen molar-refractivity contribution in [2.24, 2.45) is 5.41 Å². The molecule has 3 fully saturated rings. The molecule has 0 radical (unpaired) electrons. The maximum absolute atomic E-state index is 13.3. The molecule has 0 unspecified atom stereocenters. The smallest absolute Gasteiger partial charge is 0.311 e. The van der Waals surface area contributed by atoms with Crippen LogP contribution in [0.1, 0.15) is 74.6 Å². The fraction of sp³-hybridized carbons (Fsp3) is 0.778. The van der Waals surface area contributed by atoms with Crippen LogP contribution in [-0.4, -0.2) is 27.8 Å². The molecule has 1 aromatic rings. The Morgan fingerprint density at radius 3 is 2.33 bits per heavy atom. The van der Waals surface area contributed by atoms with E-state index < -0.39 is 29.8 Å². The Morgan fingerprint density at radius 2 is 1.89 bits per heavy atom. The van der Waals surface area contributed by atoms with Crippen LogP contribution in [0.2, 0.25) is 0 Å². The molecule has 4 rings (SSSR count). The maximum Gasteiger partial charge on any atom is 0.395 e. The number of hydrogen-bond donors (Lipinski definition) is 1. The summed E-state index contributed by atoms with van der Waals surface area (Å²) in [4.78, 5) is 12.4. The van der Waals surface area contributed by atoms with E-state index in [1.54, 1.807) is 11.6 Å². The normalized spacial score (nSPS) is 24.2. The molecule has 3 saturated carbocycles. The standard InChI is InChI=1S/C18H22F5N3O/c1-10-14(11-7-17(19,20)8-11)25-26(12-3-4-12)15(10)24-13(27)9-16(5-2-6-16)18(21,22)23/h11-12H,2-9H2,1H3,(H,24,27). The first-order valence-corrected chi connectivity index (χ1v) is 9.35. The van der Waals surface area contributed by atoms with E-state index in [-0.39, 0.29) is 37.6 Å². The second-order valence-electron chi connectivity index (χ2n) is 8.35. The van der Waals surface area contributed by atoms with Gasteiger partial charge in [0.05, 0.1) is 17.2 Å². The zero-order valence-electron chi connectivity index (χ0n) is 15.0. The highest BCUT2D eigenvalue weighted by atomic mass is 19.4. The van der Waals surface area contributed by atoms with Crippen molar-refractivity contribution in [1.82, 2.24) is 9.78 Å². The van der Waals surface area contributed by atoms with Crippen LogP contribution in [0.3, 0.4) is 0 Å². The molecule has 1 N–H and O–H groups in total. The second-order valence-corrected chi connectivity index (χ2v) is 8.35. The number of amides is 1. The zero-order chi connectivity index (χ0) is 19.6. The predicted molar refractivity (Wildman–Crippen MR) is 87.7 cm³/mol. The number of nitrogens with one attached hydrogen (secondary N) is 1. The molecule has 0 bridgehead atoms. The molecule has 0 aromatic carbocycles. The summed E-state index contributed by atoms with van der Waals surface area (Å²) in [5.74, 6) is -3.39. The summed E-state index contributed by atoms with van der Waals surface area (Å²) in [5.41, 5.74) is -0.823. The molecular formula is C18H22F5N3O. The molecule has 0 saturated heterocycles. The van der Waals surface area contributed by atoms with E-state index in [1.807, 2.05) is 0 Å². The molecule has 27 heavy (non-hydrogen) atoms. The highest BCUT2D eigenvalue weighted by Gasteiger charge is 2.59. The SMILES string of the molecule is Cc1c(C2CC(F)(F)C2)nn(C2CC2)c1NC(=O)CC1(C(F)(F)F)CCC1. The van der Waals surface area contributed by atoms with Crippen LogP contribution in [0, 0.1) is 12.3 Å². The van der Waals surface area contributed by atoms with E-state index in [4.69, 9.17) is 0 Å². The summed E-state index contributed by atoms with van der Waals surface area (Å²) in [7, 11) is 0. The van der Waals surface area contributed by atoms with Crippen LogP contribution in [0.4, 0.5) is 27.8 Å². The first kappa shape index (κ1) is 18.7. The van der Waals surface area contributed by atoms with Crippen LogP contribution in [0.5, 0.6) is 0 Å². The molecule has 3 aliphatic carbocycles. The van der Waals surface area contributed by atoms with Crippen molar-refractivity contribution in [1.29, 1.82) is 0 Å². The number of alkyl halides is 5. The van der Waals surface area contributed by atoms with Crippen molar-refractivity contribution in [3.8, 4) is 0 Å². The molecule has 0 spiro atoms. The quantitative estimate of drug-likeness (QED) is 0.710. The number of carbonyl (C=O) groups excluding carboxylic acids is 1. The summed E-state index contributed by atoms with van der Waals surface area (Å²) >= 11 is 0. The number of nitrogens with zero attached hydrogens (tertiary/aromatic N) is 2. The Bertz CT molecular complexity index is 754. The average Bonchev–Trinajstić information content (AvgIpc) is 3.26. The van der Waals surface area contributed by atoms with Crippen molar-refractivity contribution in [3.05, 3.63) is 11.3 Å². The minimum atomic E-state index is -4.41. The third-order valence-electron chi connectivity index (χ3n) is 6.22. The highest BCUT2D eigenvalue weighted by Crippen LogP contribution is 2.55. The molecule has 1 aromatic heterocycles. The fourth-order valence-corrected chi connectivity index (χ4v) is 4.16. The van der Waals surface area contributed by atoms with Gasteiger partial charge in [-0.2, -0.15) is 18.3 Å². The molecule has 0 aliphatic heterocycles. The van der Waals surface area contributed by atoms with Gasteiger partial charge in [0.15, 0.2) is 0 Å². The van der Waals surface area contributed by atoms with Gasteiger partial charge < -0.3 is 5.32 Å². The monoisotopic (exact) mass is 391 g/mol. The first-order chi connectivity index (χ1) is 12.5. The lowest BCUT2D eigenvalue weighted by atomic mass is 9.66. The lowest BCUT2D eigenvalue weighted by Gasteiger charge is -2.42. The minimum Gasteiger partial charge on any atom is -0.311 e. The Labute approximate surface area is 153 Å². The van der Waals surface area contributed by atoms with Crippen LogP contribution in [0.15, 0.2) is 0 Å². The summed E-state index contributed by atoms with van der Waals surface area (Å²) in [5, 5.41) is 7.05. The van der Waals surface area contributed by atoms with Gasteiger partial charge in [-0.3, -0.25) is 4.79 Å². The molecule has 1 heterocycles. The molecular weight excluding hydrogens is 369 g/mol. The van der Waals surface area contributed by atoms with Crippen LogP contribution < -0.4 is 5.32 Å². The van der Waals surface area contributed by atoms with Crippen molar-refractivity contribution >= 4 is 11.7 Å². The van der Waals surface area contributed by atoms with Crippen LogP contribution in [0.25, 0.3) is 0 Å². The maximum atomic E-state index is 13.3. The van der Waals surface area contributed by atoms with Crippen LogP contribution in [-0.2, 0) is 4.79 Å². The van der Waals surface area contributed by atoms with E-state index >= 15 is 0 Å². The zero-order valence-corrected chi connectivity index (χ0v) is 15.0. The number of anilines is 1. The number of carbonyl (C=O) groups is 1. The van der Waals surface area contributed by atoms with Gasteiger partial charge in [0.2, 0.25) is 11.8 Å². The Balaban J connectivity index is 1.53. The third kappa shape index (κ3) is 3.23. The van der Waals surface area contributed by atoms with Crippen molar-refractivity contribution in [2.75, 3.05) is 5.32 Å². The van der Waals surface area contributed by atoms with Crippen molar-refractivity contribution < 1.29 is 26.7 Å². The van der Waals surface area contributed by atoms with E-state index in [9.17, 15) is 26.7 Å². The summed E-state index contributed by atoms with van der Waals surface area (Å²) in [6.45, 7) is 1.69.